The van der Waals surface area contributed by atoms with E-state index in [2.05, 4.69) is 43.3 Å². The van der Waals surface area contributed by atoms with Crippen LogP contribution in [0.1, 0.15) is 71.9 Å². The molecule has 1 aromatic carbocycles. The van der Waals surface area contributed by atoms with Gasteiger partial charge in [0.15, 0.2) is 5.82 Å². The van der Waals surface area contributed by atoms with Crippen LogP contribution in [0.5, 0.6) is 0 Å². The number of hydrogen-bond donors (Lipinski definition) is 0. The number of nitrogens with zero attached hydrogens (tertiary/aromatic N) is 7. The summed E-state index contributed by atoms with van der Waals surface area (Å²) in [6, 6.07) is 8.43. The average Bonchev–Trinajstić information content (AvgIpc) is 3.78. The number of esters is 1. The van der Waals surface area contributed by atoms with Crippen LogP contribution in [0.4, 0.5) is 0 Å². The molecule has 4 aliphatic rings. The van der Waals surface area contributed by atoms with E-state index in [9.17, 15) is 9.59 Å². The third-order valence-corrected chi connectivity index (χ3v) is 11.5. The van der Waals surface area contributed by atoms with E-state index in [1.54, 1.807) is 11.3 Å². The molecule has 3 fully saturated rings. The van der Waals surface area contributed by atoms with Gasteiger partial charge >= 0.3 is 5.97 Å². The van der Waals surface area contributed by atoms with Crippen molar-refractivity contribution in [2.75, 3.05) is 39.3 Å². The second-order valence-electron chi connectivity index (χ2n) is 12.7. The number of fused-ring (bicyclic) bond motifs is 5. The molecule has 3 aromatic rings. The van der Waals surface area contributed by atoms with Crippen LogP contribution in [0.15, 0.2) is 29.3 Å². The molecule has 3 atom stereocenters. The molecule has 45 heavy (non-hydrogen) atoms. The Hall–Kier alpha value is -3.12. The van der Waals surface area contributed by atoms with Gasteiger partial charge in [0.25, 0.3) is 0 Å². The van der Waals surface area contributed by atoms with Crippen molar-refractivity contribution < 1.29 is 14.3 Å². The molecule has 0 radical (unpaired) electrons. The molecule has 2 aromatic heterocycles. The highest BCUT2D eigenvalue weighted by atomic mass is 35.5. The number of amides is 1. The van der Waals surface area contributed by atoms with Crippen molar-refractivity contribution in [3.05, 3.63) is 62.5 Å². The predicted molar refractivity (Wildman–Crippen MR) is 175 cm³/mol. The Labute approximate surface area is 273 Å². The van der Waals surface area contributed by atoms with Crippen molar-refractivity contribution in [2.24, 2.45) is 4.99 Å². The van der Waals surface area contributed by atoms with Crippen LogP contribution in [0, 0.1) is 20.8 Å². The molecule has 4 aliphatic heterocycles. The number of piperidine rings is 1. The van der Waals surface area contributed by atoms with E-state index in [4.69, 9.17) is 21.3 Å². The van der Waals surface area contributed by atoms with Crippen LogP contribution in [0.3, 0.4) is 0 Å². The third-order valence-electron chi connectivity index (χ3n) is 10.0. The summed E-state index contributed by atoms with van der Waals surface area (Å²) in [4.78, 5) is 39.4. The lowest BCUT2D eigenvalue weighted by Gasteiger charge is -2.42. The molecule has 0 N–H and O–H groups in total. The molecule has 3 saturated heterocycles. The van der Waals surface area contributed by atoms with E-state index < -0.39 is 6.04 Å². The first-order valence-corrected chi connectivity index (χ1v) is 17.2. The van der Waals surface area contributed by atoms with Gasteiger partial charge in [-0.05, 0) is 64.7 Å². The monoisotopic (exact) mass is 649 g/mol. The standard InChI is InChI=1S/C33H40ClN7O3S/c1-5-44-29(43)18-38-12-10-24(11-13-38)39-16-26-14-25(39)17-40(26)28(42)15-27-32-37-36-21(4)41(32)33-30(19(2)20(3)45-33)31(35-27)22-6-8-23(34)9-7-22/h6-9,24-27H,5,10-18H2,1-4H3/t25-,26-,27-/m0/s1. The van der Waals surface area contributed by atoms with E-state index in [0.717, 1.165) is 73.1 Å². The van der Waals surface area contributed by atoms with Crippen molar-refractivity contribution >= 4 is 40.5 Å². The molecule has 0 aliphatic carbocycles. The second-order valence-corrected chi connectivity index (χ2v) is 14.3. The fourth-order valence-corrected chi connectivity index (χ4v) is 9.00. The number of likely N-dealkylation sites (tertiary alicyclic amines) is 3. The summed E-state index contributed by atoms with van der Waals surface area (Å²) in [5.74, 6) is 1.49. The molecule has 0 saturated carbocycles. The number of ether oxygens (including phenoxy) is 1. The van der Waals surface area contributed by atoms with Gasteiger partial charge in [0.05, 0.1) is 25.3 Å². The first-order valence-electron chi connectivity index (χ1n) is 16.0. The summed E-state index contributed by atoms with van der Waals surface area (Å²) in [5, 5.41) is 10.8. The summed E-state index contributed by atoms with van der Waals surface area (Å²) in [7, 11) is 0. The number of hydrogen-bond acceptors (Lipinski definition) is 9. The summed E-state index contributed by atoms with van der Waals surface area (Å²) < 4.78 is 7.24. The first-order chi connectivity index (χ1) is 21.7. The zero-order valence-electron chi connectivity index (χ0n) is 26.3. The van der Waals surface area contributed by atoms with Crippen LogP contribution in [-0.2, 0) is 14.3 Å². The summed E-state index contributed by atoms with van der Waals surface area (Å²) >= 11 is 7.98. The first kappa shape index (κ1) is 30.5. The Morgan fingerprint density at radius 2 is 1.78 bits per heavy atom. The lowest BCUT2D eigenvalue weighted by atomic mass is 9.99. The maximum absolute atomic E-state index is 14.0. The van der Waals surface area contributed by atoms with Crippen molar-refractivity contribution in [3.63, 3.8) is 0 Å². The number of carbonyl (C=O) groups is 2. The van der Waals surface area contributed by atoms with Gasteiger partial charge < -0.3 is 9.64 Å². The number of carbonyl (C=O) groups excluding carboxylic acids is 2. The van der Waals surface area contributed by atoms with Gasteiger partial charge in [0.1, 0.15) is 16.9 Å². The molecule has 0 unspecified atom stereocenters. The van der Waals surface area contributed by atoms with Crippen LogP contribution >= 0.6 is 22.9 Å². The van der Waals surface area contributed by atoms with Crippen LogP contribution in [-0.4, -0.2) is 105 Å². The molecular formula is C33H40ClN7O3S. The van der Waals surface area contributed by atoms with Gasteiger partial charge in [0.2, 0.25) is 5.91 Å². The molecule has 12 heteroatoms. The van der Waals surface area contributed by atoms with Gasteiger partial charge in [-0.15, -0.1) is 21.5 Å². The normalized spacial score (nSPS) is 23.5. The maximum atomic E-state index is 14.0. The number of rotatable bonds is 7. The summed E-state index contributed by atoms with van der Waals surface area (Å²) in [6.07, 6.45) is 3.35. The third kappa shape index (κ3) is 5.62. The number of piperazine rings is 1. The Morgan fingerprint density at radius 1 is 1.02 bits per heavy atom. The highest BCUT2D eigenvalue weighted by molar-refractivity contribution is 7.15. The quantitative estimate of drug-likeness (QED) is 0.348. The minimum atomic E-state index is -0.456. The zero-order valence-corrected chi connectivity index (χ0v) is 27.9. The maximum Gasteiger partial charge on any atom is 0.320 e. The van der Waals surface area contributed by atoms with Crippen LogP contribution < -0.4 is 0 Å². The lowest BCUT2D eigenvalue weighted by Crippen LogP contribution is -2.54. The average molecular weight is 650 g/mol. The number of halogens is 1. The topological polar surface area (TPSA) is 96.2 Å². The van der Waals surface area contributed by atoms with E-state index in [1.807, 2.05) is 38.1 Å². The predicted octanol–water partition coefficient (Wildman–Crippen LogP) is 4.50. The molecule has 0 spiro atoms. The lowest BCUT2D eigenvalue weighted by molar-refractivity contribution is -0.144. The van der Waals surface area contributed by atoms with Gasteiger partial charge in [-0.3, -0.25) is 28.9 Å². The minimum Gasteiger partial charge on any atom is -0.465 e. The van der Waals surface area contributed by atoms with Gasteiger partial charge in [-0.1, -0.05) is 23.7 Å². The van der Waals surface area contributed by atoms with Gasteiger partial charge in [-0.25, -0.2) is 0 Å². The fraction of sp³-hybridized carbons (Fsp3) is 0.545. The Bertz CT molecular complexity index is 1640. The Balaban J connectivity index is 1.08. The largest absolute Gasteiger partial charge is 0.465 e. The Kier molecular flexibility index (Phi) is 8.30. The van der Waals surface area contributed by atoms with Crippen molar-refractivity contribution in [1.82, 2.24) is 29.5 Å². The number of aromatic nitrogens is 3. The number of benzene rings is 1. The smallest absolute Gasteiger partial charge is 0.320 e. The van der Waals surface area contributed by atoms with E-state index in [1.165, 1.54) is 10.4 Å². The Morgan fingerprint density at radius 3 is 2.47 bits per heavy atom. The van der Waals surface area contributed by atoms with Crippen molar-refractivity contribution in [3.8, 4) is 5.00 Å². The fourth-order valence-electron chi connectivity index (χ4n) is 7.66. The molecule has 10 nitrogen and oxygen atoms in total. The molecular weight excluding hydrogens is 610 g/mol. The highest BCUT2D eigenvalue weighted by Crippen LogP contribution is 2.41. The van der Waals surface area contributed by atoms with Gasteiger partial charge in [-0.2, -0.15) is 0 Å². The van der Waals surface area contributed by atoms with Crippen molar-refractivity contribution in [1.29, 1.82) is 0 Å². The second kappa shape index (κ2) is 12.2. The van der Waals surface area contributed by atoms with Gasteiger partial charge in [0, 0.05) is 65.3 Å². The van der Waals surface area contributed by atoms with Crippen LogP contribution in [0.2, 0.25) is 5.02 Å². The molecule has 238 valence electrons. The summed E-state index contributed by atoms with van der Waals surface area (Å²) in [5.41, 5.74) is 4.09. The number of thiophene rings is 1. The minimum absolute atomic E-state index is 0.126. The van der Waals surface area contributed by atoms with E-state index in [0.29, 0.717) is 36.1 Å². The highest BCUT2D eigenvalue weighted by Gasteiger charge is 2.48. The molecule has 1 amide bonds. The molecule has 6 heterocycles. The SMILES string of the molecule is CCOC(=O)CN1CCC(N2C[C@@H]3C[C@H]2CN3C(=O)C[C@@H]2N=C(c3ccc(Cl)cc3)c3c(sc(C)c3C)-n3c(C)nnc32)CC1. The van der Waals surface area contributed by atoms with Crippen LogP contribution in [0.25, 0.3) is 5.00 Å². The van der Waals surface area contributed by atoms with Crippen molar-refractivity contribution in [2.45, 2.75) is 77.5 Å². The number of aliphatic imine (C=N–C) groups is 1. The molecule has 7 rings (SSSR count). The number of aryl methyl sites for hydroxylation is 2. The summed E-state index contributed by atoms with van der Waals surface area (Å²) in [6.45, 7) is 12.3. The molecule has 2 bridgehead atoms. The van der Waals surface area contributed by atoms with E-state index >= 15 is 0 Å². The van der Waals surface area contributed by atoms with E-state index in [-0.39, 0.29) is 24.3 Å². The zero-order chi connectivity index (χ0) is 31.4.